The zero-order chi connectivity index (χ0) is 18.8. The first-order chi connectivity index (χ1) is 12.2. The van der Waals surface area contributed by atoms with E-state index in [9.17, 15) is 5.11 Å². The van der Waals surface area contributed by atoms with Crippen molar-refractivity contribution in [3.63, 3.8) is 0 Å². The number of rotatable bonds is 12. The molecule has 0 aromatic heterocycles. The molecule has 25 heavy (non-hydrogen) atoms. The van der Waals surface area contributed by atoms with Gasteiger partial charge in [-0.1, -0.05) is 42.9 Å². The van der Waals surface area contributed by atoms with Crippen LogP contribution in [0.15, 0.2) is 24.8 Å². The minimum atomic E-state index is -0.773. The van der Waals surface area contributed by atoms with Gasteiger partial charge in [-0.05, 0) is 6.42 Å². The largest absolute Gasteiger partial charge is 0.389 e. The molecule has 0 unspecified atom stereocenters. The highest BCUT2D eigenvalue weighted by Gasteiger charge is 2.17. The molecule has 3 atom stereocenters. The van der Waals surface area contributed by atoms with Gasteiger partial charge in [0.2, 0.25) is 0 Å². The van der Waals surface area contributed by atoms with E-state index >= 15 is 0 Å². The summed E-state index contributed by atoms with van der Waals surface area (Å²) in [6.45, 7) is 5.95. The predicted molar refractivity (Wildman–Crippen MR) is 98.5 cm³/mol. The zero-order valence-electron chi connectivity index (χ0n) is 15.5. The van der Waals surface area contributed by atoms with Crippen LogP contribution < -0.4 is 0 Å². The molecule has 0 aliphatic heterocycles. The van der Waals surface area contributed by atoms with Crippen LogP contribution >= 0.6 is 0 Å². The van der Waals surface area contributed by atoms with Gasteiger partial charge < -0.3 is 24.1 Å². The molecule has 0 aromatic rings. The van der Waals surface area contributed by atoms with Gasteiger partial charge in [0.25, 0.3) is 0 Å². The summed E-state index contributed by atoms with van der Waals surface area (Å²) >= 11 is 0. The van der Waals surface area contributed by atoms with Crippen LogP contribution in [-0.2, 0) is 18.9 Å². The molecule has 0 heterocycles. The molecule has 0 rings (SSSR count). The lowest BCUT2D eigenvalue weighted by atomic mass is 10.1. The van der Waals surface area contributed by atoms with Crippen molar-refractivity contribution >= 4 is 0 Å². The molecular weight excluding hydrogens is 320 g/mol. The second-order valence-corrected chi connectivity index (χ2v) is 5.07. The first-order valence-electron chi connectivity index (χ1n) is 8.29. The minimum Gasteiger partial charge on any atom is -0.389 e. The number of hydrogen-bond donors (Lipinski definition) is 1. The quantitative estimate of drug-likeness (QED) is 0.333. The van der Waals surface area contributed by atoms with Gasteiger partial charge in [-0.25, -0.2) is 0 Å². The van der Waals surface area contributed by atoms with E-state index < -0.39 is 12.2 Å². The van der Waals surface area contributed by atoms with Crippen molar-refractivity contribution in [1.82, 2.24) is 0 Å². The molecule has 0 aromatic carbocycles. The fourth-order valence-electron chi connectivity index (χ4n) is 1.78. The third kappa shape index (κ3) is 13.4. The average molecular weight is 350 g/mol. The van der Waals surface area contributed by atoms with Gasteiger partial charge in [0.05, 0.1) is 18.6 Å². The Balaban J connectivity index is 4.71. The molecule has 0 radical (unpaired) electrons. The Morgan fingerprint density at radius 1 is 1.00 bits per heavy atom. The first kappa shape index (κ1) is 23.4. The van der Waals surface area contributed by atoms with Crippen molar-refractivity contribution in [2.24, 2.45) is 0 Å². The SMILES string of the molecule is C=CC[C@H](C=C[C@H](OCOC)[C@H](O)CC#CCC#CCC)OCOC. The van der Waals surface area contributed by atoms with E-state index in [1.165, 1.54) is 7.11 Å². The van der Waals surface area contributed by atoms with Crippen LogP contribution in [0.3, 0.4) is 0 Å². The summed E-state index contributed by atoms with van der Waals surface area (Å²) in [5, 5.41) is 10.3. The third-order valence-electron chi connectivity index (χ3n) is 2.99. The van der Waals surface area contributed by atoms with Crippen molar-refractivity contribution in [2.75, 3.05) is 27.8 Å². The van der Waals surface area contributed by atoms with Crippen LogP contribution in [0, 0.1) is 23.7 Å². The maximum atomic E-state index is 10.3. The molecule has 1 N–H and O–H groups in total. The molecule has 0 saturated heterocycles. The highest BCUT2D eigenvalue weighted by Crippen LogP contribution is 2.09. The molecule has 5 nitrogen and oxygen atoms in total. The Bertz CT molecular complexity index is 478. The van der Waals surface area contributed by atoms with Crippen LogP contribution in [0.25, 0.3) is 0 Å². The Kier molecular flexibility index (Phi) is 16.1. The van der Waals surface area contributed by atoms with Crippen LogP contribution in [0.1, 0.15) is 32.6 Å². The van der Waals surface area contributed by atoms with Crippen LogP contribution in [0.5, 0.6) is 0 Å². The van der Waals surface area contributed by atoms with Gasteiger partial charge in [-0.15, -0.1) is 12.5 Å². The van der Waals surface area contributed by atoms with E-state index in [1.807, 2.05) is 13.0 Å². The van der Waals surface area contributed by atoms with Crippen molar-refractivity contribution in [1.29, 1.82) is 0 Å². The summed E-state index contributed by atoms with van der Waals surface area (Å²) in [4.78, 5) is 0. The molecule has 0 aliphatic carbocycles. The molecule has 5 heteroatoms. The highest BCUT2D eigenvalue weighted by atomic mass is 16.7. The molecule has 0 amide bonds. The van der Waals surface area contributed by atoms with E-state index in [4.69, 9.17) is 18.9 Å². The Morgan fingerprint density at radius 2 is 1.68 bits per heavy atom. The summed E-state index contributed by atoms with van der Waals surface area (Å²) in [7, 11) is 3.09. The molecule has 0 saturated carbocycles. The molecule has 0 spiro atoms. The number of aliphatic hydroxyl groups excluding tert-OH is 1. The third-order valence-corrected chi connectivity index (χ3v) is 2.99. The maximum Gasteiger partial charge on any atom is 0.147 e. The Morgan fingerprint density at radius 3 is 2.32 bits per heavy atom. The number of hydrogen-bond acceptors (Lipinski definition) is 5. The Hall–Kier alpha value is -1.60. The smallest absolute Gasteiger partial charge is 0.147 e. The van der Waals surface area contributed by atoms with E-state index in [0.717, 1.165) is 6.42 Å². The molecule has 0 fully saturated rings. The summed E-state index contributed by atoms with van der Waals surface area (Å²) in [6.07, 6.45) is 6.06. The predicted octanol–water partition coefficient (Wildman–Crippen LogP) is 2.65. The van der Waals surface area contributed by atoms with E-state index in [1.54, 1.807) is 19.3 Å². The Labute approximate surface area is 152 Å². The minimum absolute atomic E-state index is 0.0759. The van der Waals surface area contributed by atoms with Gasteiger partial charge in [0.1, 0.15) is 19.7 Å². The van der Waals surface area contributed by atoms with Crippen molar-refractivity contribution < 1.29 is 24.1 Å². The standard InChI is InChI=1S/C20H30O5/c1-5-7-8-9-10-11-13-19(21)20(25-17-23-4)15-14-18(12-6-2)24-16-22-3/h6,14-15,18-21H,2,5,9,12-13,16-17H2,1,3-4H3/t18-,19-,20+/m1/s1. The van der Waals surface area contributed by atoms with Crippen molar-refractivity contribution in [3.05, 3.63) is 24.8 Å². The zero-order valence-corrected chi connectivity index (χ0v) is 15.5. The average Bonchev–Trinajstić information content (AvgIpc) is 2.62. The van der Waals surface area contributed by atoms with Gasteiger partial charge in [-0.3, -0.25) is 0 Å². The molecular formula is C20H30O5. The lowest BCUT2D eigenvalue weighted by molar-refractivity contribution is -0.0927. The van der Waals surface area contributed by atoms with E-state index in [0.29, 0.717) is 12.8 Å². The normalized spacial score (nSPS) is 14.1. The number of aliphatic hydroxyl groups is 1. The van der Waals surface area contributed by atoms with Gasteiger partial charge >= 0.3 is 0 Å². The maximum absolute atomic E-state index is 10.3. The summed E-state index contributed by atoms with van der Waals surface area (Å²) in [5.74, 6) is 11.7. The molecule has 0 aliphatic rings. The summed E-state index contributed by atoms with van der Waals surface area (Å²) < 4.78 is 20.9. The van der Waals surface area contributed by atoms with Gasteiger partial charge in [0.15, 0.2) is 0 Å². The lowest BCUT2D eigenvalue weighted by Crippen LogP contribution is -2.28. The van der Waals surface area contributed by atoms with Crippen molar-refractivity contribution in [3.8, 4) is 23.7 Å². The highest BCUT2D eigenvalue weighted by molar-refractivity contribution is 5.12. The second-order valence-electron chi connectivity index (χ2n) is 5.07. The number of ether oxygens (including phenoxy) is 4. The fraction of sp³-hybridized carbons (Fsp3) is 0.600. The van der Waals surface area contributed by atoms with Crippen LogP contribution in [0.2, 0.25) is 0 Å². The summed E-state index contributed by atoms with van der Waals surface area (Å²) in [5.41, 5.74) is 0. The second kappa shape index (κ2) is 17.2. The van der Waals surface area contributed by atoms with E-state index in [-0.39, 0.29) is 26.1 Å². The number of methoxy groups -OCH3 is 2. The van der Waals surface area contributed by atoms with Gasteiger partial charge in [-0.2, -0.15) is 0 Å². The monoisotopic (exact) mass is 350 g/mol. The summed E-state index contributed by atoms with van der Waals surface area (Å²) in [6, 6.07) is 0. The van der Waals surface area contributed by atoms with Crippen LogP contribution in [-0.4, -0.2) is 51.2 Å². The fourth-order valence-corrected chi connectivity index (χ4v) is 1.78. The first-order valence-corrected chi connectivity index (χ1v) is 8.29. The topological polar surface area (TPSA) is 57.2 Å². The molecule has 140 valence electrons. The van der Waals surface area contributed by atoms with Crippen molar-refractivity contribution in [2.45, 2.75) is 50.9 Å². The molecule has 0 bridgehead atoms. The van der Waals surface area contributed by atoms with Crippen LogP contribution in [0.4, 0.5) is 0 Å². The van der Waals surface area contributed by atoms with Gasteiger partial charge in [0, 0.05) is 27.1 Å². The van der Waals surface area contributed by atoms with E-state index in [2.05, 4.69) is 30.3 Å². The lowest BCUT2D eigenvalue weighted by Gasteiger charge is -2.19.